The van der Waals surface area contributed by atoms with Crippen LogP contribution in [0.4, 0.5) is 0 Å². The zero-order valence-corrected chi connectivity index (χ0v) is 7.95. The molecule has 0 aromatic rings. The Hall–Kier alpha value is -1.12. The highest BCUT2D eigenvalue weighted by Crippen LogP contribution is 2.32. The highest BCUT2D eigenvalue weighted by Gasteiger charge is 2.43. The monoisotopic (exact) mass is 182 g/mol. The van der Waals surface area contributed by atoms with E-state index in [2.05, 4.69) is 4.74 Å². The lowest BCUT2D eigenvalue weighted by Crippen LogP contribution is -2.18. The van der Waals surface area contributed by atoms with Gasteiger partial charge in [0.2, 0.25) is 0 Å². The van der Waals surface area contributed by atoms with Gasteiger partial charge in [0.05, 0.1) is 11.8 Å². The number of allylic oxidation sites excluding steroid dienone is 2. The molecule has 2 unspecified atom stereocenters. The van der Waals surface area contributed by atoms with Gasteiger partial charge in [-0.25, -0.2) is 0 Å². The Balaban J connectivity index is 0.000000396. The summed E-state index contributed by atoms with van der Waals surface area (Å²) in [6.07, 6.45) is 5.19. The van der Waals surface area contributed by atoms with E-state index in [4.69, 9.17) is 0 Å². The van der Waals surface area contributed by atoms with Crippen LogP contribution in [0.3, 0.4) is 0 Å². The van der Waals surface area contributed by atoms with Crippen molar-refractivity contribution >= 4 is 11.9 Å². The van der Waals surface area contributed by atoms with Crippen LogP contribution in [0.5, 0.6) is 0 Å². The average Bonchev–Trinajstić information content (AvgIpc) is 2.47. The van der Waals surface area contributed by atoms with Crippen molar-refractivity contribution in [3.63, 3.8) is 0 Å². The number of rotatable bonds is 0. The molecular weight excluding hydrogens is 168 g/mol. The molecule has 1 heterocycles. The molecule has 0 radical (unpaired) electrons. The number of ether oxygens (including phenoxy) is 1. The van der Waals surface area contributed by atoms with E-state index < -0.39 is 0 Å². The van der Waals surface area contributed by atoms with E-state index in [1.165, 1.54) is 0 Å². The van der Waals surface area contributed by atoms with E-state index in [1.807, 2.05) is 26.0 Å². The molecule has 1 aliphatic carbocycles. The Morgan fingerprint density at radius 1 is 1.08 bits per heavy atom. The van der Waals surface area contributed by atoms with Gasteiger partial charge in [-0.05, 0) is 12.8 Å². The highest BCUT2D eigenvalue weighted by atomic mass is 16.6. The van der Waals surface area contributed by atoms with Crippen molar-refractivity contribution in [2.24, 2.45) is 11.8 Å². The van der Waals surface area contributed by atoms with Crippen LogP contribution in [0.15, 0.2) is 12.2 Å². The first-order chi connectivity index (χ1) is 6.29. The number of carbonyl (C=O) groups is 2. The summed E-state index contributed by atoms with van der Waals surface area (Å²) < 4.78 is 4.49. The topological polar surface area (TPSA) is 43.4 Å². The third kappa shape index (κ3) is 1.79. The molecule has 0 bridgehead atoms. The molecule has 2 rings (SSSR count). The first-order valence-corrected chi connectivity index (χ1v) is 4.69. The number of hydrogen-bond acceptors (Lipinski definition) is 3. The number of hydrogen-bond donors (Lipinski definition) is 0. The summed E-state index contributed by atoms with van der Waals surface area (Å²) in [6.45, 7) is 4.00. The Bertz CT molecular complexity index is 219. The number of carbonyl (C=O) groups excluding carboxylic acids is 2. The van der Waals surface area contributed by atoms with Gasteiger partial charge in [-0.3, -0.25) is 9.59 Å². The van der Waals surface area contributed by atoms with Crippen LogP contribution in [-0.2, 0) is 14.3 Å². The van der Waals surface area contributed by atoms with E-state index in [0.717, 1.165) is 0 Å². The van der Waals surface area contributed by atoms with E-state index in [1.54, 1.807) is 0 Å². The van der Waals surface area contributed by atoms with Crippen molar-refractivity contribution in [3.05, 3.63) is 12.2 Å². The fraction of sp³-hybridized carbons (Fsp3) is 0.600. The SMILES string of the molecule is CC.O=C1OC(=O)C2CC=CCC12. The first-order valence-electron chi connectivity index (χ1n) is 4.69. The lowest BCUT2D eigenvalue weighted by Gasteiger charge is -2.12. The van der Waals surface area contributed by atoms with Crippen molar-refractivity contribution in [1.29, 1.82) is 0 Å². The van der Waals surface area contributed by atoms with E-state index >= 15 is 0 Å². The zero-order chi connectivity index (χ0) is 9.84. The largest absolute Gasteiger partial charge is 0.393 e. The molecule has 0 amide bonds. The molecule has 0 N–H and O–H groups in total. The van der Waals surface area contributed by atoms with Gasteiger partial charge in [-0.1, -0.05) is 26.0 Å². The maximum atomic E-state index is 10.9. The summed E-state index contributed by atoms with van der Waals surface area (Å²) in [6, 6.07) is 0. The second kappa shape index (κ2) is 4.21. The van der Waals surface area contributed by atoms with Crippen LogP contribution in [0.2, 0.25) is 0 Å². The van der Waals surface area contributed by atoms with Gasteiger partial charge >= 0.3 is 11.9 Å². The van der Waals surface area contributed by atoms with Crippen molar-refractivity contribution in [1.82, 2.24) is 0 Å². The van der Waals surface area contributed by atoms with Crippen LogP contribution in [0, 0.1) is 11.8 Å². The molecule has 0 spiro atoms. The summed E-state index contributed by atoms with van der Waals surface area (Å²) in [5, 5.41) is 0. The lowest BCUT2D eigenvalue weighted by molar-refractivity contribution is -0.153. The second-order valence-electron chi connectivity index (χ2n) is 2.90. The van der Waals surface area contributed by atoms with Gasteiger partial charge in [0, 0.05) is 0 Å². The standard InChI is InChI=1S/C8H8O3.C2H6/c9-7-5-3-1-2-4-6(5)8(10)11-7;1-2/h1-2,5-6H,3-4H2;1-2H3. The van der Waals surface area contributed by atoms with Crippen LogP contribution in [0.25, 0.3) is 0 Å². The molecule has 1 aliphatic heterocycles. The Morgan fingerprint density at radius 2 is 1.46 bits per heavy atom. The van der Waals surface area contributed by atoms with Crippen LogP contribution >= 0.6 is 0 Å². The van der Waals surface area contributed by atoms with Crippen LogP contribution in [0.1, 0.15) is 26.7 Å². The third-order valence-corrected chi connectivity index (χ3v) is 2.24. The molecule has 72 valence electrons. The Kier molecular flexibility index (Phi) is 3.23. The van der Waals surface area contributed by atoms with Gasteiger partial charge in [0.1, 0.15) is 0 Å². The molecule has 13 heavy (non-hydrogen) atoms. The van der Waals surface area contributed by atoms with Gasteiger partial charge in [-0.15, -0.1) is 0 Å². The molecule has 3 heteroatoms. The third-order valence-electron chi connectivity index (χ3n) is 2.24. The summed E-state index contributed by atoms with van der Waals surface area (Å²) in [5.41, 5.74) is 0. The van der Waals surface area contributed by atoms with Gasteiger partial charge < -0.3 is 4.74 Å². The number of fused-ring (bicyclic) bond motifs is 1. The van der Waals surface area contributed by atoms with Crippen molar-refractivity contribution < 1.29 is 14.3 Å². The Morgan fingerprint density at radius 3 is 1.85 bits per heavy atom. The smallest absolute Gasteiger partial charge is 0.317 e. The fourth-order valence-electron chi connectivity index (χ4n) is 1.59. The minimum Gasteiger partial charge on any atom is -0.393 e. The molecule has 3 nitrogen and oxygen atoms in total. The Labute approximate surface area is 77.8 Å². The summed E-state index contributed by atoms with van der Waals surface area (Å²) in [4.78, 5) is 21.9. The minimum absolute atomic E-state index is 0.188. The predicted molar refractivity (Wildman–Crippen MR) is 47.8 cm³/mol. The number of esters is 2. The average molecular weight is 182 g/mol. The zero-order valence-electron chi connectivity index (χ0n) is 7.95. The van der Waals surface area contributed by atoms with E-state index in [-0.39, 0.29) is 23.8 Å². The minimum atomic E-state index is -0.343. The van der Waals surface area contributed by atoms with Crippen molar-refractivity contribution in [2.75, 3.05) is 0 Å². The first kappa shape index (κ1) is 9.96. The molecule has 1 saturated heterocycles. The molecular formula is C10H14O3. The maximum absolute atomic E-state index is 10.9. The summed E-state index contributed by atoms with van der Waals surface area (Å²) in [7, 11) is 0. The van der Waals surface area contributed by atoms with Crippen molar-refractivity contribution in [2.45, 2.75) is 26.7 Å². The van der Waals surface area contributed by atoms with E-state index in [9.17, 15) is 9.59 Å². The van der Waals surface area contributed by atoms with Gasteiger partial charge in [-0.2, -0.15) is 0 Å². The molecule has 1 fully saturated rings. The normalized spacial score (nSPS) is 30.3. The summed E-state index contributed by atoms with van der Waals surface area (Å²) >= 11 is 0. The molecule has 0 saturated carbocycles. The lowest BCUT2D eigenvalue weighted by atomic mass is 9.85. The van der Waals surface area contributed by atoms with Crippen LogP contribution < -0.4 is 0 Å². The number of cyclic esters (lactones) is 2. The maximum Gasteiger partial charge on any atom is 0.317 e. The molecule has 2 aliphatic rings. The molecule has 0 aromatic carbocycles. The van der Waals surface area contributed by atoms with Crippen LogP contribution in [-0.4, -0.2) is 11.9 Å². The van der Waals surface area contributed by atoms with Gasteiger partial charge in [0.15, 0.2) is 0 Å². The highest BCUT2D eigenvalue weighted by molar-refractivity contribution is 5.96. The second-order valence-corrected chi connectivity index (χ2v) is 2.90. The fourth-order valence-corrected chi connectivity index (χ4v) is 1.59. The van der Waals surface area contributed by atoms with Gasteiger partial charge in [0.25, 0.3) is 0 Å². The van der Waals surface area contributed by atoms with Crippen molar-refractivity contribution in [3.8, 4) is 0 Å². The molecule has 2 atom stereocenters. The molecule has 0 aromatic heterocycles. The quantitative estimate of drug-likeness (QED) is 0.325. The summed E-state index contributed by atoms with van der Waals surface area (Å²) in [5.74, 6) is -1.06. The van der Waals surface area contributed by atoms with E-state index in [0.29, 0.717) is 12.8 Å². The predicted octanol–water partition coefficient (Wildman–Crippen LogP) is 1.68.